The fourth-order valence-corrected chi connectivity index (χ4v) is 4.26. The lowest BCUT2D eigenvalue weighted by Gasteiger charge is -2.32. The van der Waals surface area contributed by atoms with Crippen molar-refractivity contribution >= 4 is 11.8 Å². The van der Waals surface area contributed by atoms with E-state index in [0.29, 0.717) is 31.8 Å². The number of nitrogens with zero attached hydrogens (tertiary/aromatic N) is 1. The van der Waals surface area contributed by atoms with E-state index >= 15 is 0 Å². The van der Waals surface area contributed by atoms with Crippen LogP contribution in [0.2, 0.25) is 0 Å². The molecule has 2 aliphatic rings. The number of likely N-dealkylation sites (tertiary alicyclic amines) is 1. The molecule has 0 saturated carbocycles. The summed E-state index contributed by atoms with van der Waals surface area (Å²) < 4.78 is 11.4. The zero-order chi connectivity index (χ0) is 22.3. The molecular weight excluding hydrogens is 404 g/mol. The summed E-state index contributed by atoms with van der Waals surface area (Å²) >= 11 is 0. The summed E-state index contributed by atoms with van der Waals surface area (Å²) in [5.74, 6) is 0.645. The molecule has 6 nitrogen and oxygen atoms in total. The van der Waals surface area contributed by atoms with E-state index in [-0.39, 0.29) is 23.8 Å². The number of carbonyl (C=O) groups is 2. The third-order valence-electron chi connectivity index (χ3n) is 6.23. The van der Waals surface area contributed by atoms with Gasteiger partial charge < -0.3 is 19.7 Å². The Labute approximate surface area is 189 Å². The van der Waals surface area contributed by atoms with E-state index in [1.807, 2.05) is 55.5 Å². The topological polar surface area (TPSA) is 67.9 Å². The molecule has 6 heteroatoms. The fourth-order valence-electron chi connectivity index (χ4n) is 4.26. The van der Waals surface area contributed by atoms with Crippen LogP contribution in [0.25, 0.3) is 0 Å². The first-order valence-corrected chi connectivity index (χ1v) is 11.6. The van der Waals surface area contributed by atoms with Crippen LogP contribution in [-0.2, 0) is 16.1 Å². The molecule has 2 aromatic carbocycles. The summed E-state index contributed by atoms with van der Waals surface area (Å²) in [4.78, 5) is 27.4. The maximum Gasteiger partial charge on any atom is 0.253 e. The second-order valence-corrected chi connectivity index (χ2v) is 8.76. The predicted octanol–water partition coefficient (Wildman–Crippen LogP) is 3.72. The Bertz CT molecular complexity index is 904. The predicted molar refractivity (Wildman–Crippen MR) is 123 cm³/mol. The van der Waals surface area contributed by atoms with E-state index in [2.05, 4.69) is 5.32 Å². The molecule has 0 radical (unpaired) electrons. The first-order valence-electron chi connectivity index (χ1n) is 11.6. The Balaban J connectivity index is 1.24. The third-order valence-corrected chi connectivity index (χ3v) is 6.23. The average molecular weight is 437 g/mol. The van der Waals surface area contributed by atoms with E-state index in [1.165, 1.54) is 0 Å². The first-order chi connectivity index (χ1) is 15.6. The van der Waals surface area contributed by atoms with Crippen LogP contribution >= 0.6 is 0 Å². The summed E-state index contributed by atoms with van der Waals surface area (Å²) in [6.07, 6.45) is 4.00. The Morgan fingerprint density at radius 3 is 2.56 bits per heavy atom. The lowest BCUT2D eigenvalue weighted by molar-refractivity contribution is -0.126. The molecule has 0 bridgehead atoms. The highest BCUT2D eigenvalue weighted by atomic mass is 16.5. The van der Waals surface area contributed by atoms with Crippen LogP contribution < -0.4 is 10.1 Å². The highest BCUT2D eigenvalue weighted by molar-refractivity contribution is 5.94. The maximum atomic E-state index is 12.8. The largest absolute Gasteiger partial charge is 0.491 e. The molecule has 1 N–H and O–H groups in total. The highest BCUT2D eigenvalue weighted by Crippen LogP contribution is 2.20. The monoisotopic (exact) mass is 436 g/mol. The standard InChI is InChI=1S/C26H32N2O4/c1-19-6-10-21(11-7-19)26(30)28-14-2-4-22(17-28)25(29)27-16-20-8-12-23(13-9-20)32-18-24-5-3-15-31-24/h6-13,22,24H,2-5,14-18H2,1H3,(H,27,29). The van der Waals surface area contributed by atoms with Crippen LogP contribution in [-0.4, -0.2) is 49.1 Å². The van der Waals surface area contributed by atoms with Crippen molar-refractivity contribution < 1.29 is 19.1 Å². The smallest absolute Gasteiger partial charge is 0.253 e. The van der Waals surface area contributed by atoms with Crippen molar-refractivity contribution in [3.63, 3.8) is 0 Å². The quantitative estimate of drug-likeness (QED) is 0.718. The fraction of sp³-hybridized carbons (Fsp3) is 0.462. The summed E-state index contributed by atoms with van der Waals surface area (Å²) in [6.45, 7) is 5.04. The summed E-state index contributed by atoms with van der Waals surface area (Å²) in [6, 6.07) is 15.4. The van der Waals surface area contributed by atoms with Crippen LogP contribution in [0.3, 0.4) is 0 Å². The maximum absolute atomic E-state index is 12.8. The van der Waals surface area contributed by atoms with Gasteiger partial charge in [-0.1, -0.05) is 29.8 Å². The van der Waals surface area contributed by atoms with Gasteiger partial charge in [-0.2, -0.15) is 0 Å². The number of carbonyl (C=O) groups excluding carboxylic acids is 2. The van der Waals surface area contributed by atoms with Gasteiger partial charge in [0.25, 0.3) is 5.91 Å². The molecule has 2 amide bonds. The minimum absolute atomic E-state index is 0.00101. The number of hydrogen-bond donors (Lipinski definition) is 1. The molecular formula is C26H32N2O4. The minimum Gasteiger partial charge on any atom is -0.491 e. The van der Waals surface area contributed by atoms with Crippen LogP contribution in [0, 0.1) is 12.8 Å². The SMILES string of the molecule is Cc1ccc(C(=O)N2CCCC(C(=O)NCc3ccc(OCC4CCCO4)cc3)C2)cc1. The van der Waals surface area contributed by atoms with Crippen LogP contribution in [0.1, 0.15) is 47.2 Å². The van der Waals surface area contributed by atoms with E-state index in [0.717, 1.165) is 49.2 Å². The third kappa shape index (κ3) is 5.88. The van der Waals surface area contributed by atoms with Crippen LogP contribution in [0.15, 0.2) is 48.5 Å². The van der Waals surface area contributed by atoms with E-state index in [1.54, 1.807) is 4.90 Å². The van der Waals surface area contributed by atoms with Crippen molar-refractivity contribution in [3.05, 3.63) is 65.2 Å². The Hall–Kier alpha value is -2.86. The molecule has 0 aromatic heterocycles. The number of amides is 2. The Morgan fingerprint density at radius 2 is 1.84 bits per heavy atom. The number of nitrogens with one attached hydrogen (secondary N) is 1. The summed E-state index contributed by atoms with van der Waals surface area (Å²) in [5, 5.41) is 3.03. The number of piperidine rings is 1. The number of ether oxygens (including phenoxy) is 2. The van der Waals surface area contributed by atoms with Gasteiger partial charge in [0, 0.05) is 31.8 Å². The lowest BCUT2D eigenvalue weighted by atomic mass is 9.96. The van der Waals surface area contributed by atoms with E-state index < -0.39 is 0 Å². The van der Waals surface area contributed by atoms with Gasteiger partial charge in [-0.05, 0) is 62.4 Å². The molecule has 2 fully saturated rings. The number of benzene rings is 2. The van der Waals surface area contributed by atoms with Gasteiger partial charge >= 0.3 is 0 Å². The Kier molecular flexibility index (Phi) is 7.43. The molecule has 0 aliphatic carbocycles. The molecule has 2 aromatic rings. The molecule has 2 saturated heterocycles. The van der Waals surface area contributed by atoms with Crippen molar-refractivity contribution in [1.29, 1.82) is 0 Å². The van der Waals surface area contributed by atoms with Gasteiger partial charge in [0.1, 0.15) is 12.4 Å². The molecule has 4 rings (SSSR count). The van der Waals surface area contributed by atoms with Gasteiger partial charge in [0.15, 0.2) is 0 Å². The molecule has 2 aliphatic heterocycles. The van der Waals surface area contributed by atoms with Gasteiger partial charge in [0.05, 0.1) is 12.0 Å². The van der Waals surface area contributed by atoms with Crippen LogP contribution in [0.4, 0.5) is 0 Å². The molecule has 2 unspecified atom stereocenters. The molecule has 2 atom stereocenters. The van der Waals surface area contributed by atoms with Crippen molar-refractivity contribution in [2.24, 2.45) is 5.92 Å². The summed E-state index contributed by atoms with van der Waals surface area (Å²) in [7, 11) is 0. The molecule has 2 heterocycles. The molecule has 0 spiro atoms. The normalized spacial score (nSPS) is 20.7. The number of hydrogen-bond acceptors (Lipinski definition) is 4. The second-order valence-electron chi connectivity index (χ2n) is 8.76. The first kappa shape index (κ1) is 22.3. The minimum atomic E-state index is -0.174. The van der Waals surface area contributed by atoms with Gasteiger partial charge in [0.2, 0.25) is 5.91 Å². The van der Waals surface area contributed by atoms with Gasteiger partial charge in [-0.25, -0.2) is 0 Å². The van der Waals surface area contributed by atoms with E-state index in [9.17, 15) is 9.59 Å². The van der Waals surface area contributed by atoms with Crippen molar-refractivity contribution in [2.75, 3.05) is 26.3 Å². The average Bonchev–Trinajstić information content (AvgIpc) is 3.36. The zero-order valence-corrected chi connectivity index (χ0v) is 18.7. The van der Waals surface area contributed by atoms with Crippen molar-refractivity contribution in [1.82, 2.24) is 10.2 Å². The molecule has 170 valence electrons. The van der Waals surface area contributed by atoms with Gasteiger partial charge in [-0.15, -0.1) is 0 Å². The van der Waals surface area contributed by atoms with Crippen LogP contribution in [0.5, 0.6) is 5.75 Å². The van der Waals surface area contributed by atoms with Crippen molar-refractivity contribution in [2.45, 2.75) is 45.3 Å². The number of rotatable bonds is 7. The zero-order valence-electron chi connectivity index (χ0n) is 18.7. The highest BCUT2D eigenvalue weighted by Gasteiger charge is 2.28. The Morgan fingerprint density at radius 1 is 1.06 bits per heavy atom. The lowest BCUT2D eigenvalue weighted by Crippen LogP contribution is -2.45. The van der Waals surface area contributed by atoms with Crippen molar-refractivity contribution in [3.8, 4) is 5.75 Å². The van der Waals surface area contributed by atoms with E-state index in [4.69, 9.17) is 9.47 Å². The molecule has 32 heavy (non-hydrogen) atoms. The second kappa shape index (κ2) is 10.6. The van der Waals surface area contributed by atoms with Gasteiger partial charge in [-0.3, -0.25) is 9.59 Å². The number of aryl methyl sites for hydroxylation is 1. The summed E-state index contributed by atoms with van der Waals surface area (Å²) in [5.41, 5.74) is 2.82.